The summed E-state index contributed by atoms with van der Waals surface area (Å²) >= 11 is 5.08. The molecule has 0 N–H and O–H groups in total. The van der Waals surface area contributed by atoms with Crippen molar-refractivity contribution in [2.75, 3.05) is 7.11 Å². The van der Waals surface area contributed by atoms with E-state index in [0.717, 1.165) is 0 Å². The maximum atomic E-state index is 10.2. The Balaban J connectivity index is 3.52. The summed E-state index contributed by atoms with van der Waals surface area (Å²) in [6.45, 7) is 1.84. The van der Waals surface area contributed by atoms with Gasteiger partial charge in [-0.3, -0.25) is 4.79 Å². The number of carbonyl (C=O) groups is 1. The van der Waals surface area contributed by atoms with E-state index in [4.69, 9.17) is 11.6 Å². The van der Waals surface area contributed by atoms with Crippen LogP contribution in [0.1, 0.15) is 13.3 Å². The summed E-state index contributed by atoms with van der Waals surface area (Å²) in [5.74, 6) is 0. The van der Waals surface area contributed by atoms with Crippen molar-refractivity contribution in [2.24, 2.45) is 0 Å². The molecule has 0 fully saturated rings. The van der Waals surface area contributed by atoms with Crippen molar-refractivity contribution >= 4 is 16.8 Å². The molecule has 0 unspecified atom stereocenters. The van der Waals surface area contributed by atoms with E-state index in [0.29, 0.717) is 6.42 Å². The molecule has 0 aromatic rings. The first-order valence-corrected chi connectivity index (χ1v) is 2.82. The van der Waals surface area contributed by atoms with E-state index in [2.05, 4.69) is 4.74 Å². The fourth-order valence-corrected chi connectivity index (χ4v) is 0.663. The highest BCUT2D eigenvalue weighted by Crippen LogP contribution is 1.99. The summed E-state index contributed by atoms with van der Waals surface area (Å²) in [5, 5.41) is -0.421. The zero-order valence-corrected chi connectivity index (χ0v) is 5.73. The second-order valence-electron chi connectivity index (χ2n) is 1.44. The predicted octanol–water partition coefficient (Wildman–Crippen LogP) is 1.18. The van der Waals surface area contributed by atoms with Crippen LogP contribution >= 0.6 is 11.6 Å². The standard InChI is InChI=1S/C5H9ClO2/c1-3-4(8-2)5(6)7/h4H,3H2,1-2H3/t4-/m0/s1. The summed E-state index contributed by atoms with van der Waals surface area (Å²) in [6.07, 6.45) is 0.218. The van der Waals surface area contributed by atoms with Crippen LogP contribution < -0.4 is 0 Å². The molecule has 0 aliphatic carbocycles. The monoisotopic (exact) mass is 136 g/mol. The molecule has 0 aromatic heterocycles. The molecular weight excluding hydrogens is 128 g/mol. The molecule has 2 nitrogen and oxygen atoms in total. The Kier molecular flexibility index (Phi) is 3.83. The molecule has 0 bridgehead atoms. The van der Waals surface area contributed by atoms with E-state index in [9.17, 15) is 4.79 Å². The number of hydrogen-bond acceptors (Lipinski definition) is 2. The van der Waals surface area contributed by atoms with E-state index in [1.807, 2.05) is 6.92 Å². The van der Waals surface area contributed by atoms with E-state index in [-0.39, 0.29) is 0 Å². The van der Waals surface area contributed by atoms with Crippen molar-refractivity contribution in [1.29, 1.82) is 0 Å². The largest absolute Gasteiger partial charge is 0.372 e. The zero-order chi connectivity index (χ0) is 6.57. The van der Waals surface area contributed by atoms with Crippen molar-refractivity contribution < 1.29 is 9.53 Å². The molecule has 0 heterocycles. The highest BCUT2D eigenvalue weighted by atomic mass is 35.5. The summed E-state index contributed by atoms with van der Waals surface area (Å²) < 4.78 is 4.68. The van der Waals surface area contributed by atoms with Crippen molar-refractivity contribution in [1.82, 2.24) is 0 Å². The van der Waals surface area contributed by atoms with Crippen LogP contribution in [0.5, 0.6) is 0 Å². The fourth-order valence-electron chi connectivity index (χ4n) is 0.420. The quantitative estimate of drug-likeness (QED) is 0.545. The number of rotatable bonds is 3. The summed E-state index contributed by atoms with van der Waals surface area (Å²) in [7, 11) is 1.47. The lowest BCUT2D eigenvalue weighted by Crippen LogP contribution is -2.16. The Morgan fingerprint density at radius 2 is 2.38 bits per heavy atom. The highest BCUT2D eigenvalue weighted by molar-refractivity contribution is 6.64. The van der Waals surface area contributed by atoms with Crippen LogP contribution in [0.15, 0.2) is 0 Å². The molecular formula is C5H9ClO2. The minimum atomic E-state index is -0.421. The third-order valence-electron chi connectivity index (χ3n) is 0.908. The number of methoxy groups -OCH3 is 1. The molecule has 8 heavy (non-hydrogen) atoms. The van der Waals surface area contributed by atoms with Gasteiger partial charge in [-0.2, -0.15) is 0 Å². The maximum Gasteiger partial charge on any atom is 0.250 e. The van der Waals surface area contributed by atoms with Crippen LogP contribution in [0, 0.1) is 0 Å². The first-order chi connectivity index (χ1) is 3.72. The SMILES string of the molecule is CC[C@H](OC)C(=O)Cl. The molecule has 0 saturated heterocycles. The van der Waals surface area contributed by atoms with Crippen LogP contribution in [0.25, 0.3) is 0 Å². The second kappa shape index (κ2) is 3.87. The topological polar surface area (TPSA) is 26.3 Å². The van der Waals surface area contributed by atoms with Gasteiger partial charge in [-0.05, 0) is 18.0 Å². The Bertz CT molecular complexity index is 78.5. The molecule has 0 radical (unpaired) electrons. The van der Waals surface area contributed by atoms with Crippen LogP contribution in [-0.4, -0.2) is 18.5 Å². The van der Waals surface area contributed by atoms with Crippen molar-refractivity contribution in [3.63, 3.8) is 0 Å². The fraction of sp³-hybridized carbons (Fsp3) is 0.800. The number of halogens is 1. The number of hydrogen-bond donors (Lipinski definition) is 0. The first kappa shape index (κ1) is 7.92. The average Bonchev–Trinajstić information content (AvgIpc) is 1.69. The molecule has 1 atom stereocenters. The predicted molar refractivity (Wildman–Crippen MR) is 31.9 cm³/mol. The minimum Gasteiger partial charge on any atom is -0.372 e. The maximum absolute atomic E-state index is 10.2. The molecule has 0 rings (SSSR count). The summed E-state index contributed by atoms with van der Waals surface area (Å²) in [5.41, 5.74) is 0. The Labute approximate surface area is 53.8 Å². The minimum absolute atomic E-state index is 0.420. The smallest absolute Gasteiger partial charge is 0.250 e. The first-order valence-electron chi connectivity index (χ1n) is 2.44. The van der Waals surface area contributed by atoms with E-state index < -0.39 is 11.3 Å². The van der Waals surface area contributed by atoms with Gasteiger partial charge in [0.2, 0.25) is 5.24 Å². The zero-order valence-electron chi connectivity index (χ0n) is 4.98. The van der Waals surface area contributed by atoms with Crippen molar-refractivity contribution in [3.05, 3.63) is 0 Å². The molecule has 0 saturated carbocycles. The average molecular weight is 137 g/mol. The van der Waals surface area contributed by atoms with Crippen LogP contribution in [0.2, 0.25) is 0 Å². The van der Waals surface area contributed by atoms with Crippen LogP contribution in [0.3, 0.4) is 0 Å². The lowest BCUT2D eigenvalue weighted by atomic mass is 10.3. The van der Waals surface area contributed by atoms with Gasteiger partial charge in [0.1, 0.15) is 6.10 Å². The van der Waals surface area contributed by atoms with E-state index >= 15 is 0 Å². The molecule has 0 aliphatic heterocycles. The van der Waals surface area contributed by atoms with Gasteiger partial charge in [-0.25, -0.2) is 0 Å². The molecule has 48 valence electrons. The van der Waals surface area contributed by atoms with Gasteiger partial charge < -0.3 is 4.74 Å². The normalized spacial score (nSPS) is 13.4. The second-order valence-corrected chi connectivity index (χ2v) is 1.81. The van der Waals surface area contributed by atoms with Gasteiger partial charge in [0.05, 0.1) is 0 Å². The molecule has 3 heteroatoms. The Morgan fingerprint density at radius 3 is 2.38 bits per heavy atom. The van der Waals surface area contributed by atoms with Gasteiger partial charge >= 0.3 is 0 Å². The van der Waals surface area contributed by atoms with Gasteiger partial charge in [-0.1, -0.05) is 6.92 Å². The third-order valence-corrected chi connectivity index (χ3v) is 1.15. The molecule has 0 spiro atoms. The van der Waals surface area contributed by atoms with Crippen molar-refractivity contribution in [2.45, 2.75) is 19.4 Å². The molecule has 0 aromatic carbocycles. The Hall–Kier alpha value is -0.0800. The molecule has 0 aliphatic rings. The lowest BCUT2D eigenvalue weighted by molar-refractivity contribution is -0.120. The van der Waals surface area contributed by atoms with Crippen LogP contribution in [0.4, 0.5) is 0 Å². The molecule has 0 amide bonds. The van der Waals surface area contributed by atoms with Gasteiger partial charge in [0, 0.05) is 7.11 Å². The lowest BCUT2D eigenvalue weighted by Gasteiger charge is -2.04. The van der Waals surface area contributed by atoms with Gasteiger partial charge in [0.15, 0.2) is 0 Å². The Morgan fingerprint density at radius 1 is 1.88 bits per heavy atom. The van der Waals surface area contributed by atoms with Crippen molar-refractivity contribution in [3.8, 4) is 0 Å². The highest BCUT2D eigenvalue weighted by Gasteiger charge is 2.10. The van der Waals surface area contributed by atoms with E-state index in [1.165, 1.54) is 7.11 Å². The number of ether oxygens (including phenoxy) is 1. The third kappa shape index (κ3) is 2.28. The van der Waals surface area contributed by atoms with Gasteiger partial charge in [-0.15, -0.1) is 0 Å². The van der Waals surface area contributed by atoms with Gasteiger partial charge in [0.25, 0.3) is 0 Å². The summed E-state index contributed by atoms with van der Waals surface area (Å²) in [6, 6.07) is 0. The number of carbonyl (C=O) groups excluding carboxylic acids is 1. The van der Waals surface area contributed by atoms with Crippen LogP contribution in [-0.2, 0) is 9.53 Å². The van der Waals surface area contributed by atoms with E-state index in [1.54, 1.807) is 0 Å². The summed E-state index contributed by atoms with van der Waals surface area (Å²) in [4.78, 5) is 10.2.